The number of aliphatic hydroxyl groups excluding tert-OH is 1. The molecule has 0 spiro atoms. The van der Waals surface area contributed by atoms with Crippen molar-refractivity contribution in [3.63, 3.8) is 0 Å². The van der Waals surface area contributed by atoms with E-state index >= 15 is 0 Å². The van der Waals surface area contributed by atoms with Crippen LogP contribution in [0.5, 0.6) is 0 Å². The first kappa shape index (κ1) is 17.0. The Labute approximate surface area is 134 Å². The highest BCUT2D eigenvalue weighted by atomic mass is 35.5. The normalized spacial score (nSPS) is 20.7. The summed E-state index contributed by atoms with van der Waals surface area (Å²) in [6, 6.07) is 2.80. The lowest BCUT2D eigenvalue weighted by Gasteiger charge is -2.31. The molecule has 1 aliphatic rings. The van der Waals surface area contributed by atoms with Gasteiger partial charge < -0.3 is 9.84 Å². The molecule has 0 bridgehead atoms. The van der Waals surface area contributed by atoms with E-state index in [1.54, 1.807) is 7.11 Å². The minimum atomic E-state index is -3.73. The first-order valence-corrected chi connectivity index (χ1v) is 8.72. The number of ether oxygens (including phenoxy) is 1. The minimum absolute atomic E-state index is 0.0236. The molecule has 0 aliphatic carbocycles. The second-order valence-electron chi connectivity index (χ2n) is 4.86. The van der Waals surface area contributed by atoms with Gasteiger partial charge in [0.05, 0.1) is 17.7 Å². The van der Waals surface area contributed by atoms with Crippen molar-refractivity contribution in [1.82, 2.24) is 4.31 Å². The molecular formula is C13H17Cl2NO4S. The first-order chi connectivity index (χ1) is 9.91. The van der Waals surface area contributed by atoms with Gasteiger partial charge in [-0.3, -0.25) is 0 Å². The molecule has 1 heterocycles. The molecule has 1 N–H and O–H groups in total. The lowest BCUT2D eigenvalue weighted by molar-refractivity contribution is 0.0572. The molecule has 0 radical (unpaired) electrons. The van der Waals surface area contributed by atoms with E-state index in [4.69, 9.17) is 27.9 Å². The van der Waals surface area contributed by atoms with Crippen LogP contribution in [0.4, 0.5) is 0 Å². The largest absolute Gasteiger partial charge is 0.392 e. The number of aliphatic hydroxyl groups is 1. The van der Waals surface area contributed by atoms with Crippen molar-refractivity contribution in [3.8, 4) is 0 Å². The Kier molecular flexibility index (Phi) is 5.51. The highest BCUT2D eigenvalue weighted by molar-refractivity contribution is 7.89. The lowest BCUT2D eigenvalue weighted by atomic mass is 10.1. The summed E-state index contributed by atoms with van der Waals surface area (Å²) in [7, 11) is -2.16. The summed E-state index contributed by atoms with van der Waals surface area (Å²) in [5.74, 6) is 0. The molecule has 1 aromatic carbocycles. The van der Waals surface area contributed by atoms with Crippen molar-refractivity contribution >= 4 is 33.2 Å². The predicted octanol–water partition coefficient (Wildman–Crippen LogP) is 2.29. The minimum Gasteiger partial charge on any atom is -0.392 e. The van der Waals surface area contributed by atoms with Gasteiger partial charge in [-0.05, 0) is 25.0 Å². The van der Waals surface area contributed by atoms with Crippen LogP contribution in [-0.2, 0) is 21.4 Å². The molecule has 21 heavy (non-hydrogen) atoms. The Hall–Kier alpha value is -0.370. The number of halogens is 2. The van der Waals surface area contributed by atoms with Crippen molar-refractivity contribution in [1.29, 1.82) is 0 Å². The lowest BCUT2D eigenvalue weighted by Crippen LogP contribution is -2.42. The van der Waals surface area contributed by atoms with Crippen LogP contribution in [0.25, 0.3) is 0 Å². The number of benzene rings is 1. The summed E-state index contributed by atoms with van der Waals surface area (Å²) in [6.07, 6.45) is 1.45. The molecule has 1 saturated heterocycles. The number of rotatable bonds is 4. The van der Waals surface area contributed by atoms with Gasteiger partial charge in [0.25, 0.3) is 0 Å². The molecular weight excluding hydrogens is 337 g/mol. The molecule has 0 aromatic heterocycles. The van der Waals surface area contributed by atoms with Crippen molar-refractivity contribution in [2.45, 2.75) is 30.4 Å². The zero-order valence-corrected chi connectivity index (χ0v) is 13.9. The maximum absolute atomic E-state index is 12.7. The number of sulfonamides is 1. The van der Waals surface area contributed by atoms with Gasteiger partial charge >= 0.3 is 0 Å². The van der Waals surface area contributed by atoms with Crippen LogP contribution in [-0.4, -0.2) is 44.1 Å². The van der Waals surface area contributed by atoms with Crippen LogP contribution in [0.15, 0.2) is 17.0 Å². The number of nitrogens with zero attached hydrogens (tertiary/aromatic N) is 1. The fraction of sp³-hybridized carbons (Fsp3) is 0.538. The summed E-state index contributed by atoms with van der Waals surface area (Å²) in [6.45, 7) is 0.309. The van der Waals surface area contributed by atoms with E-state index in [2.05, 4.69) is 0 Å². The summed E-state index contributed by atoms with van der Waals surface area (Å²) >= 11 is 12.0. The van der Waals surface area contributed by atoms with E-state index in [-0.39, 0.29) is 26.6 Å². The van der Waals surface area contributed by atoms with Gasteiger partial charge in [-0.1, -0.05) is 23.2 Å². The predicted molar refractivity (Wildman–Crippen MR) is 81.2 cm³/mol. The van der Waals surface area contributed by atoms with Gasteiger partial charge in [0.15, 0.2) is 0 Å². The van der Waals surface area contributed by atoms with E-state index in [1.807, 2.05) is 0 Å². The summed E-state index contributed by atoms with van der Waals surface area (Å²) in [4.78, 5) is -0.0330. The Morgan fingerprint density at radius 1 is 1.43 bits per heavy atom. The number of methoxy groups -OCH3 is 1. The molecule has 2 rings (SSSR count). The van der Waals surface area contributed by atoms with Gasteiger partial charge in [-0.2, -0.15) is 4.31 Å². The Morgan fingerprint density at radius 2 is 2.14 bits per heavy atom. The number of hydrogen-bond acceptors (Lipinski definition) is 4. The third-order valence-corrected chi connectivity index (χ3v) is 6.41. The SMILES string of the molecule is COC1CCCN(S(=O)(=O)c2ccc(Cl)c(CO)c2Cl)C1. The number of hydrogen-bond donors (Lipinski definition) is 1. The van der Waals surface area contributed by atoms with Crippen LogP contribution >= 0.6 is 23.2 Å². The Morgan fingerprint density at radius 3 is 2.76 bits per heavy atom. The molecule has 1 aromatic rings. The maximum atomic E-state index is 12.7. The smallest absolute Gasteiger partial charge is 0.244 e. The second-order valence-corrected chi connectivity index (χ2v) is 7.55. The molecule has 1 atom stereocenters. The maximum Gasteiger partial charge on any atom is 0.244 e. The first-order valence-electron chi connectivity index (χ1n) is 6.52. The zero-order chi connectivity index (χ0) is 15.6. The van der Waals surface area contributed by atoms with E-state index in [1.165, 1.54) is 16.4 Å². The molecule has 1 fully saturated rings. The standard InChI is InChI=1S/C13H17Cl2NO4S/c1-20-9-3-2-6-16(7-9)21(18,19)12-5-4-11(14)10(8-17)13(12)15/h4-5,9,17H,2-3,6-8H2,1H3. The van der Waals surface area contributed by atoms with Crippen molar-refractivity contribution in [2.24, 2.45) is 0 Å². The van der Waals surface area contributed by atoms with Gasteiger partial charge in [0, 0.05) is 30.8 Å². The fourth-order valence-corrected chi connectivity index (χ4v) is 4.76. The van der Waals surface area contributed by atoms with Gasteiger partial charge in [-0.15, -0.1) is 0 Å². The molecule has 0 amide bonds. The van der Waals surface area contributed by atoms with E-state index < -0.39 is 16.6 Å². The Bertz CT molecular complexity index is 621. The van der Waals surface area contributed by atoms with Crippen LogP contribution in [0.2, 0.25) is 10.0 Å². The van der Waals surface area contributed by atoms with Crippen molar-refractivity contribution in [2.75, 3.05) is 20.2 Å². The van der Waals surface area contributed by atoms with Crippen LogP contribution in [0.3, 0.4) is 0 Å². The summed E-state index contributed by atoms with van der Waals surface area (Å²) in [5.41, 5.74) is 0.222. The highest BCUT2D eigenvalue weighted by Crippen LogP contribution is 2.33. The zero-order valence-electron chi connectivity index (χ0n) is 11.6. The Balaban J connectivity index is 2.40. The van der Waals surface area contributed by atoms with Crippen LogP contribution in [0.1, 0.15) is 18.4 Å². The van der Waals surface area contributed by atoms with E-state index in [9.17, 15) is 13.5 Å². The average Bonchev–Trinajstić information content (AvgIpc) is 2.47. The average molecular weight is 354 g/mol. The highest BCUT2D eigenvalue weighted by Gasteiger charge is 2.32. The topological polar surface area (TPSA) is 66.8 Å². The quantitative estimate of drug-likeness (QED) is 0.901. The van der Waals surface area contributed by atoms with Gasteiger partial charge in [0.2, 0.25) is 10.0 Å². The fourth-order valence-electron chi connectivity index (χ4n) is 2.38. The van der Waals surface area contributed by atoms with Gasteiger partial charge in [0.1, 0.15) is 4.90 Å². The summed E-state index contributed by atoms with van der Waals surface area (Å²) in [5, 5.41) is 9.50. The third-order valence-electron chi connectivity index (χ3n) is 3.60. The monoisotopic (exact) mass is 353 g/mol. The molecule has 118 valence electrons. The van der Waals surface area contributed by atoms with E-state index in [0.717, 1.165) is 12.8 Å². The molecule has 5 nitrogen and oxygen atoms in total. The molecule has 8 heteroatoms. The van der Waals surface area contributed by atoms with Crippen LogP contribution in [0, 0.1) is 0 Å². The number of piperidine rings is 1. The molecule has 1 aliphatic heterocycles. The third kappa shape index (κ3) is 3.36. The second kappa shape index (κ2) is 6.81. The summed E-state index contributed by atoms with van der Waals surface area (Å²) < 4.78 is 32.0. The molecule has 1 unspecified atom stereocenters. The van der Waals surface area contributed by atoms with Crippen molar-refractivity contribution < 1.29 is 18.3 Å². The molecule has 0 saturated carbocycles. The van der Waals surface area contributed by atoms with Gasteiger partial charge in [-0.25, -0.2) is 8.42 Å². The van der Waals surface area contributed by atoms with Crippen LogP contribution < -0.4 is 0 Å². The van der Waals surface area contributed by atoms with E-state index in [0.29, 0.717) is 13.1 Å². The van der Waals surface area contributed by atoms with Crippen molar-refractivity contribution in [3.05, 3.63) is 27.7 Å².